The predicted molar refractivity (Wildman–Crippen MR) is 61.9 cm³/mol. The van der Waals surface area contributed by atoms with E-state index in [4.69, 9.17) is 9.47 Å². The predicted octanol–water partition coefficient (Wildman–Crippen LogP) is 0.0728. The largest absolute Gasteiger partial charge is 0.465 e. The minimum atomic E-state index is -0.213. The van der Waals surface area contributed by atoms with Gasteiger partial charge in [0.1, 0.15) is 12.6 Å². The van der Waals surface area contributed by atoms with Gasteiger partial charge in [-0.15, -0.1) is 0 Å². The molecule has 4 atom stereocenters. The maximum Gasteiger partial charge on any atom is 0.410 e. The standard InChI is InChI=1S/C12H18N2O4/c1-3-17-11(15)8-4-7-5-14-9(6-18-12(14)16)10(7)13(8)2/h7-10H,3-6H2,1-2H3/t7-,8+,9+,10-/m1/s1. The fourth-order valence-corrected chi connectivity index (χ4v) is 3.61. The summed E-state index contributed by atoms with van der Waals surface area (Å²) in [5.74, 6) is 0.216. The zero-order valence-corrected chi connectivity index (χ0v) is 10.7. The van der Waals surface area contributed by atoms with Crippen LogP contribution >= 0.6 is 0 Å². The molecule has 6 nitrogen and oxygen atoms in total. The Balaban J connectivity index is 1.75. The van der Waals surface area contributed by atoms with Crippen LogP contribution in [-0.4, -0.2) is 66.8 Å². The van der Waals surface area contributed by atoms with E-state index >= 15 is 0 Å². The molecule has 3 fully saturated rings. The number of fused-ring (bicyclic) bond motifs is 3. The molecular weight excluding hydrogens is 236 g/mol. The van der Waals surface area contributed by atoms with Crippen molar-refractivity contribution in [2.45, 2.75) is 31.5 Å². The van der Waals surface area contributed by atoms with E-state index in [0.717, 1.165) is 6.42 Å². The van der Waals surface area contributed by atoms with Crippen LogP contribution in [0.2, 0.25) is 0 Å². The van der Waals surface area contributed by atoms with Gasteiger partial charge in [0.05, 0.1) is 12.6 Å². The number of hydrogen-bond acceptors (Lipinski definition) is 5. The van der Waals surface area contributed by atoms with Gasteiger partial charge in [-0.05, 0) is 26.3 Å². The van der Waals surface area contributed by atoms with Gasteiger partial charge in [-0.3, -0.25) is 14.6 Å². The third-order valence-electron chi connectivity index (χ3n) is 4.37. The minimum Gasteiger partial charge on any atom is -0.465 e. The Kier molecular flexibility index (Phi) is 2.69. The van der Waals surface area contributed by atoms with Crippen LogP contribution in [0.15, 0.2) is 0 Å². The van der Waals surface area contributed by atoms with Crippen LogP contribution < -0.4 is 0 Å². The highest BCUT2D eigenvalue weighted by atomic mass is 16.6. The lowest BCUT2D eigenvalue weighted by Gasteiger charge is -2.27. The Morgan fingerprint density at radius 1 is 1.56 bits per heavy atom. The molecule has 18 heavy (non-hydrogen) atoms. The van der Waals surface area contributed by atoms with Crippen LogP contribution in [0.25, 0.3) is 0 Å². The van der Waals surface area contributed by atoms with Gasteiger partial charge >= 0.3 is 12.1 Å². The Labute approximate surface area is 106 Å². The molecule has 0 aromatic rings. The number of hydrogen-bond donors (Lipinski definition) is 0. The zero-order chi connectivity index (χ0) is 12.9. The van der Waals surface area contributed by atoms with E-state index in [-0.39, 0.29) is 30.2 Å². The normalized spacial score (nSPS) is 38.6. The molecular formula is C12H18N2O4. The van der Waals surface area contributed by atoms with E-state index in [9.17, 15) is 9.59 Å². The molecule has 3 aliphatic heterocycles. The second-order valence-corrected chi connectivity index (χ2v) is 5.22. The van der Waals surface area contributed by atoms with Gasteiger partial charge in [0.15, 0.2) is 0 Å². The molecule has 6 heteroatoms. The lowest BCUT2D eigenvalue weighted by Crippen LogP contribution is -2.46. The first-order valence-corrected chi connectivity index (χ1v) is 6.45. The summed E-state index contributed by atoms with van der Waals surface area (Å²) in [7, 11) is 1.94. The van der Waals surface area contributed by atoms with Crippen molar-refractivity contribution >= 4 is 12.1 Å². The zero-order valence-electron chi connectivity index (χ0n) is 10.7. The van der Waals surface area contributed by atoms with Crippen molar-refractivity contribution in [3.63, 3.8) is 0 Å². The Morgan fingerprint density at radius 3 is 3.06 bits per heavy atom. The van der Waals surface area contributed by atoms with Crippen LogP contribution in [0.3, 0.4) is 0 Å². The summed E-state index contributed by atoms with van der Waals surface area (Å²) < 4.78 is 10.2. The first-order valence-electron chi connectivity index (χ1n) is 6.45. The highest BCUT2D eigenvalue weighted by Crippen LogP contribution is 2.41. The van der Waals surface area contributed by atoms with E-state index < -0.39 is 0 Å². The lowest BCUT2D eigenvalue weighted by atomic mass is 9.99. The number of nitrogens with zero attached hydrogens (tertiary/aromatic N) is 2. The topological polar surface area (TPSA) is 59.1 Å². The molecule has 0 aliphatic carbocycles. The van der Waals surface area contributed by atoms with Crippen molar-refractivity contribution in [2.24, 2.45) is 5.92 Å². The van der Waals surface area contributed by atoms with Crippen LogP contribution in [-0.2, 0) is 14.3 Å². The maximum absolute atomic E-state index is 11.9. The third-order valence-corrected chi connectivity index (χ3v) is 4.37. The number of rotatable bonds is 2. The summed E-state index contributed by atoms with van der Waals surface area (Å²) in [4.78, 5) is 27.2. The van der Waals surface area contributed by atoms with E-state index in [1.807, 2.05) is 14.0 Å². The first-order chi connectivity index (χ1) is 8.63. The van der Waals surface area contributed by atoms with Crippen LogP contribution in [0.5, 0.6) is 0 Å². The van der Waals surface area contributed by atoms with Gasteiger partial charge in [0, 0.05) is 12.6 Å². The van der Waals surface area contributed by atoms with Crippen LogP contribution in [0.1, 0.15) is 13.3 Å². The summed E-state index contributed by atoms with van der Waals surface area (Å²) in [6, 6.07) is 0.163. The average molecular weight is 254 g/mol. The third kappa shape index (κ3) is 1.51. The Morgan fingerprint density at radius 2 is 2.33 bits per heavy atom. The first kappa shape index (κ1) is 11.8. The van der Waals surface area contributed by atoms with Gasteiger partial charge < -0.3 is 9.47 Å². The van der Waals surface area contributed by atoms with Crippen molar-refractivity contribution in [3.8, 4) is 0 Å². The van der Waals surface area contributed by atoms with Crippen molar-refractivity contribution in [1.29, 1.82) is 0 Å². The molecule has 0 unspecified atom stereocenters. The van der Waals surface area contributed by atoms with Crippen molar-refractivity contribution in [3.05, 3.63) is 0 Å². The van der Waals surface area contributed by atoms with Crippen molar-refractivity contribution in [2.75, 3.05) is 26.8 Å². The van der Waals surface area contributed by atoms with E-state index in [1.54, 1.807) is 4.90 Å². The molecule has 100 valence electrons. The molecule has 0 radical (unpaired) electrons. The molecule has 0 spiro atoms. The van der Waals surface area contributed by atoms with Crippen molar-refractivity contribution < 1.29 is 19.1 Å². The number of esters is 1. The van der Waals surface area contributed by atoms with Crippen LogP contribution in [0.4, 0.5) is 4.79 Å². The second kappa shape index (κ2) is 4.12. The minimum absolute atomic E-state index is 0.104. The molecule has 0 aromatic heterocycles. The number of ether oxygens (including phenoxy) is 2. The number of amides is 1. The summed E-state index contributed by atoms with van der Waals surface area (Å²) in [5.41, 5.74) is 0. The average Bonchev–Trinajstić information content (AvgIpc) is 2.94. The second-order valence-electron chi connectivity index (χ2n) is 5.22. The van der Waals surface area contributed by atoms with E-state index in [2.05, 4.69) is 4.90 Å². The molecule has 3 saturated heterocycles. The number of likely N-dealkylation sites (N-methyl/N-ethyl adjacent to an activating group) is 1. The molecule has 3 aliphatic rings. The highest BCUT2D eigenvalue weighted by molar-refractivity contribution is 5.77. The lowest BCUT2D eigenvalue weighted by molar-refractivity contribution is -0.148. The number of cyclic esters (lactones) is 1. The van der Waals surface area contributed by atoms with E-state index in [1.165, 1.54) is 0 Å². The molecule has 0 aromatic carbocycles. The summed E-state index contributed by atoms with van der Waals surface area (Å²) in [6.45, 7) is 3.38. The Hall–Kier alpha value is -1.30. The maximum atomic E-state index is 11.9. The molecule has 0 N–H and O–H groups in total. The number of carbonyl (C=O) groups excluding carboxylic acids is 2. The van der Waals surface area contributed by atoms with Gasteiger partial charge in [-0.25, -0.2) is 4.79 Å². The fraction of sp³-hybridized carbons (Fsp3) is 0.833. The molecule has 3 rings (SSSR count). The van der Waals surface area contributed by atoms with E-state index in [0.29, 0.717) is 25.7 Å². The number of carbonyl (C=O) groups is 2. The van der Waals surface area contributed by atoms with Gasteiger partial charge in [0.2, 0.25) is 0 Å². The molecule has 0 bridgehead atoms. The monoisotopic (exact) mass is 254 g/mol. The van der Waals surface area contributed by atoms with Gasteiger partial charge in [-0.1, -0.05) is 0 Å². The highest BCUT2D eigenvalue weighted by Gasteiger charge is 2.56. The Bertz CT molecular complexity index is 386. The van der Waals surface area contributed by atoms with Gasteiger partial charge in [-0.2, -0.15) is 0 Å². The fourth-order valence-electron chi connectivity index (χ4n) is 3.61. The summed E-state index contributed by atoms with van der Waals surface area (Å²) >= 11 is 0. The summed E-state index contributed by atoms with van der Waals surface area (Å²) in [6.07, 6.45) is 0.566. The molecule has 1 amide bonds. The van der Waals surface area contributed by atoms with Crippen molar-refractivity contribution in [1.82, 2.24) is 9.80 Å². The smallest absolute Gasteiger partial charge is 0.410 e. The SMILES string of the molecule is CCOC(=O)[C@@H]1C[C@@H]2CN3C(=O)OC[C@H]3[C@@H]2N1C. The molecule has 3 heterocycles. The molecule has 0 saturated carbocycles. The quantitative estimate of drug-likeness (QED) is 0.653. The van der Waals surface area contributed by atoms with Crippen LogP contribution in [0, 0.1) is 5.92 Å². The number of likely N-dealkylation sites (tertiary alicyclic amines) is 1. The van der Waals surface area contributed by atoms with Gasteiger partial charge in [0.25, 0.3) is 0 Å². The summed E-state index contributed by atoms with van der Waals surface area (Å²) in [5, 5.41) is 0.